The molecule has 2 heterocycles. The molecule has 2 fully saturated rings. The molecule has 172 valence electrons. The Hall–Kier alpha value is -2.00. The van der Waals surface area contributed by atoms with Crippen molar-refractivity contribution in [3.63, 3.8) is 0 Å². The quantitative estimate of drug-likeness (QED) is 0.639. The first-order chi connectivity index (χ1) is 15.3. The second-order valence-corrected chi connectivity index (χ2v) is 10.6. The zero-order chi connectivity index (χ0) is 22.7. The average Bonchev–Trinajstić information content (AvgIpc) is 3.20. The molecule has 1 unspecified atom stereocenters. The molecule has 2 saturated heterocycles. The van der Waals surface area contributed by atoms with Gasteiger partial charge in [-0.3, -0.25) is 9.69 Å². The molecule has 1 amide bonds. The topological polar surface area (TPSA) is 60.9 Å². The fraction of sp³-hybridized carbons (Fsp3) is 0.435. The molecule has 0 N–H and O–H groups in total. The molecule has 0 saturated carbocycles. The highest BCUT2D eigenvalue weighted by atomic mass is 35.5. The standard InChI is InChI=1S/C23H27ClFN3O3S/c24-21-8-1-2-9-22(21)32(30,31)28-13-11-26(12-14-28)23(29)17-27-10-4-7-20(27)16-18-5-3-6-19(25)15-18/h1-3,5-6,8-9,15,20H,4,7,10-14,16-17H2. The molecule has 0 aliphatic carbocycles. The maximum Gasteiger partial charge on any atom is 0.244 e. The van der Waals surface area contributed by atoms with Crippen LogP contribution in [0.25, 0.3) is 0 Å². The van der Waals surface area contributed by atoms with Crippen molar-refractivity contribution in [2.24, 2.45) is 0 Å². The third-order valence-electron chi connectivity index (χ3n) is 6.24. The van der Waals surface area contributed by atoms with Crippen LogP contribution >= 0.6 is 11.6 Å². The van der Waals surface area contributed by atoms with E-state index in [0.29, 0.717) is 19.6 Å². The van der Waals surface area contributed by atoms with Crippen LogP contribution in [0.2, 0.25) is 5.02 Å². The number of piperazine rings is 1. The van der Waals surface area contributed by atoms with Gasteiger partial charge < -0.3 is 4.90 Å². The minimum absolute atomic E-state index is 0.00549. The van der Waals surface area contributed by atoms with Gasteiger partial charge in [-0.25, -0.2) is 12.8 Å². The SMILES string of the molecule is O=C(CN1CCCC1Cc1cccc(F)c1)N1CCN(S(=O)(=O)c2ccccc2Cl)CC1. The smallest absolute Gasteiger partial charge is 0.244 e. The van der Waals surface area contributed by atoms with Gasteiger partial charge in [-0.05, 0) is 55.6 Å². The zero-order valence-corrected chi connectivity index (χ0v) is 19.4. The van der Waals surface area contributed by atoms with Gasteiger partial charge in [0.15, 0.2) is 0 Å². The molecule has 0 bridgehead atoms. The Balaban J connectivity index is 1.33. The van der Waals surface area contributed by atoms with Gasteiger partial charge in [-0.1, -0.05) is 35.9 Å². The average molecular weight is 480 g/mol. The van der Waals surface area contributed by atoms with E-state index in [0.717, 1.165) is 31.4 Å². The van der Waals surface area contributed by atoms with Crippen LogP contribution in [0.5, 0.6) is 0 Å². The van der Waals surface area contributed by atoms with Crippen LogP contribution in [0.3, 0.4) is 0 Å². The summed E-state index contributed by atoms with van der Waals surface area (Å²) in [4.78, 5) is 16.9. The van der Waals surface area contributed by atoms with Crippen LogP contribution in [0, 0.1) is 5.82 Å². The molecule has 9 heteroatoms. The van der Waals surface area contributed by atoms with Crippen LogP contribution in [0.15, 0.2) is 53.4 Å². The Kier molecular flexibility index (Phi) is 7.14. The Labute approximate surface area is 193 Å². The number of nitrogens with zero attached hydrogens (tertiary/aromatic N) is 3. The number of benzene rings is 2. The molecule has 1 atom stereocenters. The van der Waals surface area contributed by atoms with Crippen LogP contribution in [-0.4, -0.2) is 73.7 Å². The lowest BCUT2D eigenvalue weighted by atomic mass is 10.0. The predicted molar refractivity (Wildman–Crippen MR) is 121 cm³/mol. The number of likely N-dealkylation sites (tertiary alicyclic amines) is 1. The van der Waals surface area contributed by atoms with Crippen molar-refractivity contribution in [1.82, 2.24) is 14.1 Å². The van der Waals surface area contributed by atoms with Gasteiger partial charge in [0.05, 0.1) is 11.6 Å². The van der Waals surface area contributed by atoms with Crippen molar-refractivity contribution in [3.8, 4) is 0 Å². The first-order valence-corrected chi connectivity index (χ1v) is 12.7. The molecule has 0 aromatic heterocycles. The monoisotopic (exact) mass is 479 g/mol. The third-order valence-corrected chi connectivity index (χ3v) is 8.64. The number of amides is 1. The van der Waals surface area contributed by atoms with E-state index in [9.17, 15) is 17.6 Å². The highest BCUT2D eigenvalue weighted by Gasteiger charge is 2.33. The second-order valence-electron chi connectivity index (χ2n) is 8.32. The molecule has 6 nitrogen and oxygen atoms in total. The van der Waals surface area contributed by atoms with Gasteiger partial charge >= 0.3 is 0 Å². The van der Waals surface area contributed by atoms with E-state index in [2.05, 4.69) is 4.90 Å². The maximum atomic E-state index is 13.5. The second kappa shape index (κ2) is 9.87. The van der Waals surface area contributed by atoms with Crippen LogP contribution in [0.1, 0.15) is 18.4 Å². The minimum Gasteiger partial charge on any atom is -0.339 e. The molecule has 0 spiro atoms. The number of halogens is 2. The fourth-order valence-corrected chi connectivity index (χ4v) is 6.43. The van der Waals surface area contributed by atoms with Crippen LogP contribution < -0.4 is 0 Å². The normalized spacial score (nSPS) is 20.6. The number of carbonyl (C=O) groups is 1. The summed E-state index contributed by atoms with van der Waals surface area (Å²) in [5.74, 6) is -0.237. The van der Waals surface area contributed by atoms with Gasteiger partial charge in [0.1, 0.15) is 10.7 Å². The summed E-state index contributed by atoms with van der Waals surface area (Å²) in [6, 6.07) is 13.2. The van der Waals surface area contributed by atoms with Crippen molar-refractivity contribution in [3.05, 3.63) is 64.9 Å². The van der Waals surface area contributed by atoms with E-state index in [4.69, 9.17) is 11.6 Å². The number of carbonyl (C=O) groups excluding carboxylic acids is 1. The first-order valence-electron chi connectivity index (χ1n) is 10.9. The molecule has 2 aromatic rings. The van der Waals surface area contributed by atoms with Crippen molar-refractivity contribution in [1.29, 1.82) is 0 Å². The highest BCUT2D eigenvalue weighted by Crippen LogP contribution is 2.25. The van der Waals surface area contributed by atoms with Crippen molar-refractivity contribution in [2.75, 3.05) is 39.3 Å². The number of rotatable bonds is 6. The van der Waals surface area contributed by atoms with E-state index >= 15 is 0 Å². The van der Waals surface area contributed by atoms with E-state index < -0.39 is 10.0 Å². The Morgan fingerprint density at radius 2 is 1.78 bits per heavy atom. The highest BCUT2D eigenvalue weighted by molar-refractivity contribution is 7.89. The van der Waals surface area contributed by atoms with Crippen LogP contribution in [0.4, 0.5) is 4.39 Å². The number of sulfonamides is 1. The Bertz CT molecular complexity index is 1070. The number of hydrogen-bond donors (Lipinski definition) is 0. The van der Waals surface area contributed by atoms with Gasteiger partial charge in [0.2, 0.25) is 15.9 Å². The third kappa shape index (κ3) is 5.14. The maximum absolute atomic E-state index is 13.5. The van der Waals surface area contributed by atoms with Gasteiger partial charge in [-0.15, -0.1) is 0 Å². The van der Waals surface area contributed by atoms with Gasteiger partial charge in [0.25, 0.3) is 0 Å². The lowest BCUT2D eigenvalue weighted by Crippen LogP contribution is -2.53. The zero-order valence-electron chi connectivity index (χ0n) is 17.8. The van der Waals surface area contributed by atoms with Crippen LogP contribution in [-0.2, 0) is 21.2 Å². The van der Waals surface area contributed by atoms with E-state index in [1.54, 1.807) is 35.2 Å². The van der Waals surface area contributed by atoms with Gasteiger partial charge in [0, 0.05) is 32.2 Å². The fourth-order valence-electron chi connectivity index (χ4n) is 4.52. The van der Waals surface area contributed by atoms with Gasteiger partial charge in [-0.2, -0.15) is 4.31 Å². The summed E-state index contributed by atoms with van der Waals surface area (Å²) in [5, 5.41) is 0.198. The molecule has 0 radical (unpaired) electrons. The molecule has 2 aliphatic rings. The lowest BCUT2D eigenvalue weighted by molar-refractivity contribution is -0.133. The summed E-state index contributed by atoms with van der Waals surface area (Å²) < 4.78 is 40.7. The predicted octanol–water partition coefficient (Wildman–Crippen LogP) is 3.02. The summed E-state index contributed by atoms with van der Waals surface area (Å²) >= 11 is 6.09. The van der Waals surface area contributed by atoms with E-state index in [-0.39, 0.29) is 40.8 Å². The van der Waals surface area contributed by atoms with Crippen molar-refractivity contribution >= 4 is 27.5 Å². The Morgan fingerprint density at radius 3 is 2.50 bits per heavy atom. The molecular weight excluding hydrogens is 453 g/mol. The molecule has 2 aromatic carbocycles. The molecular formula is C23H27ClFN3O3S. The molecule has 32 heavy (non-hydrogen) atoms. The largest absolute Gasteiger partial charge is 0.339 e. The first kappa shape index (κ1) is 23.2. The Morgan fingerprint density at radius 1 is 1.03 bits per heavy atom. The van der Waals surface area contributed by atoms with E-state index in [1.807, 2.05) is 6.07 Å². The van der Waals surface area contributed by atoms with Crippen molar-refractivity contribution in [2.45, 2.75) is 30.2 Å². The van der Waals surface area contributed by atoms with E-state index in [1.165, 1.54) is 16.4 Å². The summed E-state index contributed by atoms with van der Waals surface area (Å²) in [6.07, 6.45) is 2.71. The minimum atomic E-state index is -3.69. The lowest BCUT2D eigenvalue weighted by Gasteiger charge is -2.35. The number of hydrogen-bond acceptors (Lipinski definition) is 4. The molecule has 2 aliphatic heterocycles. The summed E-state index contributed by atoms with van der Waals surface area (Å²) in [6.45, 7) is 2.33. The molecule has 4 rings (SSSR count). The summed E-state index contributed by atoms with van der Waals surface area (Å²) in [5.41, 5.74) is 0.938. The van der Waals surface area contributed by atoms with Crippen molar-refractivity contribution < 1.29 is 17.6 Å². The summed E-state index contributed by atoms with van der Waals surface area (Å²) in [7, 11) is -3.69.